The normalized spacial score (nSPS) is 26.2. The summed E-state index contributed by atoms with van der Waals surface area (Å²) < 4.78 is 11.2. The van der Waals surface area contributed by atoms with Crippen LogP contribution in [0.1, 0.15) is 29.6 Å². The average molecular weight is 343 g/mol. The molecule has 0 spiro atoms. The van der Waals surface area contributed by atoms with Crippen LogP contribution in [0.5, 0.6) is 5.75 Å². The molecule has 1 aromatic carbocycles. The Morgan fingerprint density at radius 1 is 1.33 bits per heavy atom. The molecule has 24 heavy (non-hydrogen) atoms. The van der Waals surface area contributed by atoms with Gasteiger partial charge >= 0.3 is 0 Å². The molecule has 0 N–H and O–H groups in total. The van der Waals surface area contributed by atoms with Crippen molar-refractivity contribution in [1.82, 2.24) is 4.90 Å². The highest BCUT2D eigenvalue weighted by molar-refractivity contribution is 7.08. The highest BCUT2D eigenvalue weighted by Gasteiger charge is 2.46. The van der Waals surface area contributed by atoms with Crippen molar-refractivity contribution < 1.29 is 14.3 Å². The topological polar surface area (TPSA) is 38.8 Å². The smallest absolute Gasteiger partial charge is 0.226 e. The van der Waals surface area contributed by atoms with Gasteiger partial charge in [0.05, 0.1) is 20.3 Å². The van der Waals surface area contributed by atoms with Gasteiger partial charge in [0.1, 0.15) is 11.9 Å². The van der Waals surface area contributed by atoms with Crippen molar-refractivity contribution in [2.45, 2.75) is 18.4 Å². The number of carbonyl (C=O) groups is 1. The lowest BCUT2D eigenvalue weighted by molar-refractivity contribution is -0.140. The largest absolute Gasteiger partial charge is 0.497 e. The van der Waals surface area contributed by atoms with Crippen molar-refractivity contribution in [1.29, 1.82) is 0 Å². The Morgan fingerprint density at radius 3 is 3.04 bits per heavy atom. The summed E-state index contributed by atoms with van der Waals surface area (Å²) in [5, 5.41) is 4.25. The van der Waals surface area contributed by atoms with Crippen LogP contribution in [0.3, 0.4) is 0 Å². The first kappa shape index (κ1) is 15.7. The van der Waals surface area contributed by atoms with Gasteiger partial charge in [-0.15, -0.1) is 0 Å². The summed E-state index contributed by atoms with van der Waals surface area (Å²) in [6, 6.07) is 10.0. The summed E-state index contributed by atoms with van der Waals surface area (Å²) in [6.07, 6.45) is 0.910. The first-order chi connectivity index (χ1) is 11.8. The molecule has 4 rings (SSSR count). The number of ether oxygens (including phenoxy) is 2. The second-order valence-electron chi connectivity index (χ2n) is 6.43. The summed E-state index contributed by atoms with van der Waals surface area (Å²) in [7, 11) is 1.66. The molecule has 3 atom stereocenters. The summed E-state index contributed by atoms with van der Waals surface area (Å²) in [4.78, 5) is 14.8. The summed E-state index contributed by atoms with van der Waals surface area (Å²) in [6.45, 7) is 1.90. The van der Waals surface area contributed by atoms with E-state index in [-0.39, 0.29) is 17.9 Å². The Hall–Kier alpha value is -1.85. The lowest BCUT2D eigenvalue weighted by Crippen LogP contribution is -2.43. The first-order valence-electron chi connectivity index (χ1n) is 8.32. The molecule has 2 fully saturated rings. The molecule has 4 nitrogen and oxygen atoms in total. The van der Waals surface area contributed by atoms with Crippen LogP contribution in [0, 0.1) is 5.92 Å². The highest BCUT2D eigenvalue weighted by atomic mass is 32.1. The Balaban J connectivity index is 1.42. The molecule has 1 aromatic heterocycles. The molecule has 2 heterocycles. The fourth-order valence-corrected chi connectivity index (χ4v) is 4.17. The van der Waals surface area contributed by atoms with E-state index in [1.54, 1.807) is 18.4 Å². The van der Waals surface area contributed by atoms with Gasteiger partial charge in [0.15, 0.2) is 0 Å². The van der Waals surface area contributed by atoms with Crippen LogP contribution in [0.2, 0.25) is 0 Å². The van der Waals surface area contributed by atoms with Crippen molar-refractivity contribution in [2.75, 3.05) is 26.8 Å². The number of hydrogen-bond acceptors (Lipinski definition) is 4. The maximum atomic E-state index is 12.8. The van der Waals surface area contributed by atoms with E-state index in [1.807, 2.05) is 29.2 Å². The van der Waals surface area contributed by atoms with Crippen molar-refractivity contribution in [3.05, 3.63) is 52.2 Å². The highest BCUT2D eigenvalue weighted by Crippen LogP contribution is 2.49. The number of nitrogens with zero attached hydrogens (tertiary/aromatic N) is 1. The van der Waals surface area contributed by atoms with Gasteiger partial charge in [0.25, 0.3) is 0 Å². The molecule has 126 valence electrons. The van der Waals surface area contributed by atoms with Crippen LogP contribution >= 0.6 is 11.3 Å². The third kappa shape index (κ3) is 3.06. The van der Waals surface area contributed by atoms with Gasteiger partial charge in [0.2, 0.25) is 5.91 Å². The number of rotatable bonds is 4. The molecular weight excluding hydrogens is 322 g/mol. The maximum Gasteiger partial charge on any atom is 0.226 e. The SMILES string of the molecule is COc1cccc(C2CN(C(=O)[C@@H]3C[C@H]3c3ccsc3)CCO2)c1. The minimum Gasteiger partial charge on any atom is -0.497 e. The van der Waals surface area contributed by atoms with E-state index < -0.39 is 0 Å². The second-order valence-corrected chi connectivity index (χ2v) is 7.21. The van der Waals surface area contributed by atoms with E-state index >= 15 is 0 Å². The molecule has 1 saturated carbocycles. The summed E-state index contributed by atoms with van der Waals surface area (Å²) in [5.41, 5.74) is 2.38. The van der Waals surface area contributed by atoms with E-state index in [2.05, 4.69) is 16.8 Å². The summed E-state index contributed by atoms with van der Waals surface area (Å²) in [5.74, 6) is 1.67. The van der Waals surface area contributed by atoms with Crippen LogP contribution in [0.25, 0.3) is 0 Å². The fourth-order valence-electron chi connectivity index (χ4n) is 3.45. The number of benzene rings is 1. The zero-order valence-corrected chi connectivity index (χ0v) is 14.5. The monoisotopic (exact) mass is 343 g/mol. The van der Waals surface area contributed by atoms with Crippen LogP contribution in [0.15, 0.2) is 41.1 Å². The first-order valence-corrected chi connectivity index (χ1v) is 9.27. The maximum absolute atomic E-state index is 12.8. The quantitative estimate of drug-likeness (QED) is 0.853. The molecule has 1 amide bonds. The number of methoxy groups -OCH3 is 1. The molecular formula is C19H21NO3S. The molecule has 2 aromatic rings. The Bertz CT molecular complexity index is 715. The van der Waals surface area contributed by atoms with Gasteiger partial charge in [-0.3, -0.25) is 4.79 Å². The fraction of sp³-hybridized carbons (Fsp3) is 0.421. The third-order valence-electron chi connectivity index (χ3n) is 4.92. The van der Waals surface area contributed by atoms with Gasteiger partial charge in [-0.25, -0.2) is 0 Å². The minimum absolute atomic E-state index is 0.0730. The van der Waals surface area contributed by atoms with Crippen LogP contribution in [-0.2, 0) is 9.53 Å². The second kappa shape index (κ2) is 6.57. The molecule has 0 bridgehead atoms. The van der Waals surface area contributed by atoms with Crippen LogP contribution in [-0.4, -0.2) is 37.6 Å². The molecule has 5 heteroatoms. The third-order valence-corrected chi connectivity index (χ3v) is 5.62. The van der Waals surface area contributed by atoms with Gasteiger partial charge < -0.3 is 14.4 Å². The Kier molecular flexibility index (Phi) is 4.29. The number of carbonyl (C=O) groups excluding carboxylic acids is 1. The standard InChI is InChI=1S/C19H21NO3S/c1-22-15-4-2-3-13(9-15)18-11-20(6-7-23-18)19(21)17-10-16(17)14-5-8-24-12-14/h2-5,8-9,12,16-18H,6-7,10-11H2,1H3/t16-,17+,18?/m0/s1. The van der Waals surface area contributed by atoms with Crippen molar-refractivity contribution in [3.8, 4) is 5.75 Å². The van der Waals surface area contributed by atoms with Crippen molar-refractivity contribution >= 4 is 17.2 Å². The van der Waals surface area contributed by atoms with Gasteiger partial charge in [0, 0.05) is 12.5 Å². The van der Waals surface area contributed by atoms with Crippen molar-refractivity contribution in [2.24, 2.45) is 5.92 Å². The molecule has 0 radical (unpaired) electrons. The molecule has 2 aliphatic rings. The Labute approximate surface area is 146 Å². The molecule has 1 aliphatic carbocycles. The van der Waals surface area contributed by atoms with Crippen LogP contribution in [0.4, 0.5) is 0 Å². The van der Waals surface area contributed by atoms with E-state index in [4.69, 9.17) is 9.47 Å². The number of hydrogen-bond donors (Lipinski definition) is 0. The lowest BCUT2D eigenvalue weighted by atomic mass is 10.1. The average Bonchev–Trinajstić information content (AvgIpc) is 3.25. The van der Waals surface area contributed by atoms with Gasteiger partial charge in [-0.2, -0.15) is 11.3 Å². The van der Waals surface area contributed by atoms with Crippen LogP contribution < -0.4 is 4.74 Å². The molecule has 1 saturated heterocycles. The number of amides is 1. The zero-order chi connectivity index (χ0) is 16.5. The van der Waals surface area contributed by atoms with E-state index in [1.165, 1.54) is 5.56 Å². The number of thiophene rings is 1. The Morgan fingerprint density at radius 2 is 2.25 bits per heavy atom. The molecule has 1 unspecified atom stereocenters. The predicted molar refractivity (Wildman–Crippen MR) is 93.4 cm³/mol. The minimum atomic E-state index is -0.0730. The lowest BCUT2D eigenvalue weighted by Gasteiger charge is -2.33. The van der Waals surface area contributed by atoms with E-state index in [0.717, 1.165) is 17.7 Å². The zero-order valence-electron chi connectivity index (χ0n) is 13.7. The number of morpholine rings is 1. The van der Waals surface area contributed by atoms with Crippen molar-refractivity contribution in [3.63, 3.8) is 0 Å². The van der Waals surface area contributed by atoms with E-state index in [0.29, 0.717) is 25.6 Å². The summed E-state index contributed by atoms with van der Waals surface area (Å²) >= 11 is 1.70. The van der Waals surface area contributed by atoms with Gasteiger partial charge in [-0.1, -0.05) is 12.1 Å². The predicted octanol–water partition coefficient (Wildman–Crippen LogP) is 3.46. The molecule has 1 aliphatic heterocycles. The van der Waals surface area contributed by atoms with Gasteiger partial charge in [-0.05, 0) is 52.4 Å². The van der Waals surface area contributed by atoms with E-state index in [9.17, 15) is 4.79 Å².